The van der Waals surface area contributed by atoms with Crippen molar-refractivity contribution in [3.05, 3.63) is 48.0 Å². The van der Waals surface area contributed by atoms with Crippen molar-refractivity contribution in [1.29, 1.82) is 0 Å². The quantitative estimate of drug-likeness (QED) is 0.854. The Balaban J connectivity index is 2.35. The van der Waals surface area contributed by atoms with Crippen LogP contribution in [0.1, 0.15) is 5.56 Å². The molecule has 0 aliphatic rings. The molecule has 82 valence electrons. The molecule has 0 aliphatic heterocycles. The minimum absolute atomic E-state index is 0.237. The fourth-order valence-corrected chi connectivity index (χ4v) is 1.47. The van der Waals surface area contributed by atoms with Crippen molar-refractivity contribution in [2.45, 2.75) is 6.54 Å². The first-order chi connectivity index (χ1) is 7.81. The van der Waals surface area contributed by atoms with Gasteiger partial charge in [0.1, 0.15) is 5.82 Å². The van der Waals surface area contributed by atoms with E-state index in [1.54, 1.807) is 31.6 Å². The first-order valence-electron chi connectivity index (χ1n) is 5.01. The second-order valence-electron chi connectivity index (χ2n) is 3.41. The fourth-order valence-electron chi connectivity index (χ4n) is 1.47. The smallest absolute Gasteiger partial charge is 0.159 e. The van der Waals surface area contributed by atoms with Crippen LogP contribution in [0.15, 0.2) is 36.7 Å². The minimum Gasteiger partial charge on any atom is -0.316 e. The molecule has 2 rings (SSSR count). The lowest BCUT2D eigenvalue weighted by Gasteiger charge is -2.04. The summed E-state index contributed by atoms with van der Waals surface area (Å²) >= 11 is 0. The van der Waals surface area contributed by atoms with Gasteiger partial charge in [0.2, 0.25) is 0 Å². The molecule has 16 heavy (non-hydrogen) atoms. The number of rotatable bonds is 3. The van der Waals surface area contributed by atoms with E-state index in [1.807, 2.05) is 6.07 Å². The van der Waals surface area contributed by atoms with Gasteiger partial charge in [0.25, 0.3) is 0 Å². The maximum atomic E-state index is 13.6. The van der Waals surface area contributed by atoms with Gasteiger partial charge in [-0.1, -0.05) is 12.1 Å². The van der Waals surface area contributed by atoms with Crippen LogP contribution in [0.2, 0.25) is 0 Å². The Morgan fingerprint density at radius 2 is 2.00 bits per heavy atom. The van der Waals surface area contributed by atoms with E-state index in [9.17, 15) is 4.39 Å². The molecule has 3 nitrogen and oxygen atoms in total. The zero-order valence-corrected chi connectivity index (χ0v) is 8.94. The van der Waals surface area contributed by atoms with Crippen molar-refractivity contribution in [2.75, 3.05) is 7.05 Å². The van der Waals surface area contributed by atoms with Crippen molar-refractivity contribution in [1.82, 2.24) is 15.3 Å². The van der Waals surface area contributed by atoms with Gasteiger partial charge >= 0.3 is 0 Å². The van der Waals surface area contributed by atoms with E-state index in [0.29, 0.717) is 23.5 Å². The second kappa shape index (κ2) is 4.81. The monoisotopic (exact) mass is 217 g/mol. The molecular formula is C12H12FN3. The summed E-state index contributed by atoms with van der Waals surface area (Å²) in [6.07, 6.45) is 3.28. The maximum Gasteiger partial charge on any atom is 0.159 e. The third kappa shape index (κ3) is 2.23. The van der Waals surface area contributed by atoms with E-state index in [-0.39, 0.29) is 5.82 Å². The Kier molecular flexibility index (Phi) is 3.22. The van der Waals surface area contributed by atoms with Gasteiger partial charge in [0, 0.05) is 30.1 Å². The van der Waals surface area contributed by atoms with Crippen LogP contribution in [-0.2, 0) is 6.54 Å². The number of nitrogens with zero attached hydrogens (tertiary/aromatic N) is 2. The normalized spacial score (nSPS) is 10.4. The summed E-state index contributed by atoms with van der Waals surface area (Å²) in [5.41, 5.74) is 1.33. The molecule has 0 amide bonds. The molecule has 1 aromatic carbocycles. The molecule has 0 atom stereocenters. The number of hydrogen-bond acceptors (Lipinski definition) is 3. The van der Waals surface area contributed by atoms with Crippen LogP contribution < -0.4 is 5.32 Å². The van der Waals surface area contributed by atoms with Crippen LogP contribution in [-0.4, -0.2) is 17.0 Å². The van der Waals surface area contributed by atoms with Crippen molar-refractivity contribution >= 4 is 0 Å². The Bertz CT molecular complexity index is 471. The van der Waals surface area contributed by atoms with Gasteiger partial charge in [0.05, 0.1) is 0 Å². The lowest BCUT2D eigenvalue weighted by Crippen LogP contribution is -2.07. The van der Waals surface area contributed by atoms with Crippen molar-refractivity contribution in [3.8, 4) is 11.4 Å². The van der Waals surface area contributed by atoms with Gasteiger partial charge in [0.15, 0.2) is 5.82 Å². The van der Waals surface area contributed by atoms with Gasteiger partial charge in [-0.2, -0.15) is 0 Å². The number of nitrogens with one attached hydrogen (secondary N) is 1. The number of benzene rings is 1. The predicted molar refractivity (Wildman–Crippen MR) is 60.2 cm³/mol. The van der Waals surface area contributed by atoms with Gasteiger partial charge in [-0.05, 0) is 19.2 Å². The summed E-state index contributed by atoms with van der Waals surface area (Å²) in [7, 11) is 1.79. The molecule has 0 saturated carbocycles. The highest BCUT2D eigenvalue weighted by atomic mass is 19.1. The van der Waals surface area contributed by atoms with Crippen molar-refractivity contribution < 1.29 is 4.39 Å². The van der Waals surface area contributed by atoms with Crippen LogP contribution in [0.4, 0.5) is 4.39 Å². The molecule has 1 aromatic heterocycles. The van der Waals surface area contributed by atoms with E-state index in [2.05, 4.69) is 15.3 Å². The van der Waals surface area contributed by atoms with Crippen molar-refractivity contribution in [3.63, 3.8) is 0 Å². The highest BCUT2D eigenvalue weighted by molar-refractivity contribution is 5.55. The molecule has 0 aliphatic carbocycles. The molecule has 0 fully saturated rings. The summed E-state index contributed by atoms with van der Waals surface area (Å²) in [6, 6.07) is 6.76. The standard InChI is InChI=1S/C12H12FN3/c1-14-8-10-4-3-9(7-11(10)13)12-15-5-2-6-16-12/h2-7,14H,8H2,1H3. The lowest BCUT2D eigenvalue weighted by atomic mass is 10.1. The largest absolute Gasteiger partial charge is 0.316 e. The molecule has 0 radical (unpaired) electrons. The highest BCUT2D eigenvalue weighted by Gasteiger charge is 2.05. The van der Waals surface area contributed by atoms with Gasteiger partial charge in [-0.15, -0.1) is 0 Å². The summed E-state index contributed by atoms with van der Waals surface area (Å²) in [5.74, 6) is 0.303. The highest BCUT2D eigenvalue weighted by Crippen LogP contribution is 2.17. The van der Waals surface area contributed by atoms with Crippen LogP contribution in [0.5, 0.6) is 0 Å². The summed E-state index contributed by atoms with van der Waals surface area (Å²) in [4.78, 5) is 8.14. The zero-order valence-electron chi connectivity index (χ0n) is 8.94. The first-order valence-corrected chi connectivity index (χ1v) is 5.01. The Labute approximate surface area is 93.4 Å². The van der Waals surface area contributed by atoms with Crippen LogP contribution in [0, 0.1) is 5.82 Å². The average Bonchev–Trinajstić information content (AvgIpc) is 2.33. The Hall–Kier alpha value is -1.81. The molecule has 1 heterocycles. The third-order valence-electron chi connectivity index (χ3n) is 2.24. The van der Waals surface area contributed by atoms with E-state index >= 15 is 0 Å². The average molecular weight is 217 g/mol. The predicted octanol–water partition coefficient (Wildman–Crippen LogP) is 2.00. The number of hydrogen-bond donors (Lipinski definition) is 1. The fraction of sp³-hybridized carbons (Fsp3) is 0.167. The molecule has 1 N–H and O–H groups in total. The third-order valence-corrected chi connectivity index (χ3v) is 2.24. The van der Waals surface area contributed by atoms with Crippen LogP contribution >= 0.6 is 0 Å². The molecule has 0 spiro atoms. The van der Waals surface area contributed by atoms with E-state index in [4.69, 9.17) is 0 Å². The second-order valence-corrected chi connectivity index (χ2v) is 3.41. The summed E-state index contributed by atoms with van der Waals surface area (Å²) in [5, 5.41) is 2.91. The topological polar surface area (TPSA) is 37.8 Å². The molecule has 0 unspecified atom stereocenters. The SMILES string of the molecule is CNCc1ccc(-c2ncccn2)cc1F. The van der Waals surface area contributed by atoms with Crippen LogP contribution in [0.3, 0.4) is 0 Å². The van der Waals surface area contributed by atoms with Crippen LogP contribution in [0.25, 0.3) is 11.4 Å². The molecule has 2 aromatic rings. The van der Waals surface area contributed by atoms with Crippen molar-refractivity contribution in [2.24, 2.45) is 0 Å². The lowest BCUT2D eigenvalue weighted by molar-refractivity contribution is 0.601. The first kappa shape index (κ1) is 10.7. The zero-order chi connectivity index (χ0) is 11.4. The maximum absolute atomic E-state index is 13.6. The number of aromatic nitrogens is 2. The van der Waals surface area contributed by atoms with E-state index in [1.165, 1.54) is 6.07 Å². The van der Waals surface area contributed by atoms with E-state index < -0.39 is 0 Å². The molecule has 0 saturated heterocycles. The van der Waals surface area contributed by atoms with Gasteiger partial charge in [-0.25, -0.2) is 14.4 Å². The van der Waals surface area contributed by atoms with Gasteiger partial charge < -0.3 is 5.32 Å². The van der Waals surface area contributed by atoms with E-state index in [0.717, 1.165) is 0 Å². The Morgan fingerprint density at radius 1 is 1.25 bits per heavy atom. The molecule has 0 bridgehead atoms. The summed E-state index contributed by atoms with van der Waals surface area (Å²) in [6.45, 7) is 0.516. The Morgan fingerprint density at radius 3 is 2.62 bits per heavy atom. The summed E-state index contributed by atoms with van der Waals surface area (Å²) < 4.78 is 13.6. The molecule has 4 heteroatoms. The number of halogens is 1. The van der Waals surface area contributed by atoms with Gasteiger partial charge in [-0.3, -0.25) is 0 Å². The minimum atomic E-state index is -0.237. The molecular weight excluding hydrogens is 205 g/mol.